The summed E-state index contributed by atoms with van der Waals surface area (Å²) in [4.78, 5) is 48.2. The number of carbonyl (C=O) groups excluding carboxylic acids is 4. The lowest BCUT2D eigenvalue weighted by atomic mass is 9.65. The van der Waals surface area contributed by atoms with Gasteiger partial charge >= 0.3 is 0 Å². The van der Waals surface area contributed by atoms with E-state index in [4.69, 9.17) is 0 Å². The average molecular weight is 531 g/mol. The van der Waals surface area contributed by atoms with Crippen molar-refractivity contribution in [2.45, 2.75) is 60.3 Å². The maximum atomic E-state index is 12.4. The number of hydrogen-bond acceptors (Lipinski definition) is 5. The number of rotatable bonds is 5. The van der Waals surface area contributed by atoms with Crippen LogP contribution in [0.25, 0.3) is 0 Å². The van der Waals surface area contributed by atoms with Gasteiger partial charge < -0.3 is 4.57 Å². The molecule has 0 saturated heterocycles. The number of aryl methyl sites for hydroxylation is 3. The Morgan fingerprint density at radius 1 is 0.974 bits per heavy atom. The summed E-state index contributed by atoms with van der Waals surface area (Å²) in [5, 5.41) is 0.622. The van der Waals surface area contributed by atoms with E-state index in [-0.39, 0.29) is 28.3 Å². The second-order valence-electron chi connectivity index (χ2n) is 11.4. The van der Waals surface area contributed by atoms with Gasteiger partial charge in [0.05, 0.1) is 0 Å². The van der Waals surface area contributed by atoms with E-state index in [1.54, 1.807) is 24.3 Å². The van der Waals surface area contributed by atoms with E-state index in [0.717, 1.165) is 29.5 Å². The third kappa shape index (κ3) is 4.97. The summed E-state index contributed by atoms with van der Waals surface area (Å²) in [6.07, 6.45) is 7.01. The van der Waals surface area contributed by atoms with Crippen molar-refractivity contribution in [3.05, 3.63) is 88.5 Å². The van der Waals surface area contributed by atoms with Crippen LogP contribution < -0.4 is 5.30 Å². The van der Waals surface area contributed by atoms with Crippen molar-refractivity contribution in [1.29, 1.82) is 0 Å². The van der Waals surface area contributed by atoms with Gasteiger partial charge in [-0.25, -0.2) is 0 Å². The quantitative estimate of drug-likeness (QED) is 0.347. The van der Waals surface area contributed by atoms with Gasteiger partial charge in [0.25, 0.3) is 0 Å². The first-order valence-electron chi connectivity index (χ1n) is 13.1. The molecule has 5 rings (SSSR count). The molecular weight excluding hydrogens is 495 g/mol. The van der Waals surface area contributed by atoms with Gasteiger partial charge in [-0.3, -0.25) is 19.2 Å². The molecular formula is C32H35O5P. The van der Waals surface area contributed by atoms with Gasteiger partial charge in [0, 0.05) is 28.3 Å². The Labute approximate surface area is 225 Å². The molecule has 0 N–H and O–H groups in total. The van der Waals surface area contributed by atoms with Crippen LogP contribution in [0.3, 0.4) is 0 Å². The van der Waals surface area contributed by atoms with Crippen LogP contribution in [-0.4, -0.2) is 22.9 Å². The zero-order valence-corrected chi connectivity index (χ0v) is 23.7. The molecule has 0 radical (unpaired) electrons. The Kier molecular flexibility index (Phi) is 7.72. The number of fused-ring (bicyclic) bond motifs is 2. The summed E-state index contributed by atoms with van der Waals surface area (Å²) in [6.45, 7) is 10.1. The summed E-state index contributed by atoms with van der Waals surface area (Å²) in [7, 11) is -2.44. The monoisotopic (exact) mass is 530 g/mol. The molecule has 5 nitrogen and oxygen atoms in total. The van der Waals surface area contributed by atoms with Crippen molar-refractivity contribution >= 4 is 36.0 Å². The van der Waals surface area contributed by atoms with Crippen molar-refractivity contribution in [1.82, 2.24) is 0 Å². The third-order valence-corrected chi connectivity index (χ3v) is 10.3. The van der Waals surface area contributed by atoms with Gasteiger partial charge in [-0.15, -0.1) is 0 Å². The molecule has 2 aromatic rings. The first-order valence-corrected chi connectivity index (χ1v) is 14.5. The highest BCUT2D eigenvalue weighted by Crippen LogP contribution is 2.66. The first-order chi connectivity index (χ1) is 17.9. The second kappa shape index (κ2) is 10.5. The molecule has 2 aromatic carbocycles. The number of carbonyl (C=O) groups is 4. The van der Waals surface area contributed by atoms with E-state index in [1.165, 1.54) is 18.2 Å². The molecule has 198 valence electrons. The first kappa shape index (κ1) is 27.9. The lowest BCUT2D eigenvalue weighted by molar-refractivity contribution is -0.129. The molecule has 0 spiro atoms. The van der Waals surface area contributed by atoms with Gasteiger partial charge in [-0.05, 0) is 80.7 Å². The smallest absolute Gasteiger partial charge is 0.223 e. The fourth-order valence-corrected chi connectivity index (χ4v) is 7.95. The fraction of sp³-hybridized carbons (Fsp3) is 0.375. The third-order valence-electron chi connectivity index (χ3n) is 8.81. The van der Waals surface area contributed by atoms with Crippen molar-refractivity contribution in [3.63, 3.8) is 0 Å². The predicted octanol–water partition coefficient (Wildman–Crippen LogP) is 6.04. The topological polar surface area (TPSA) is 85.3 Å². The molecule has 2 fully saturated rings. The second-order valence-corrected chi connectivity index (χ2v) is 13.1. The van der Waals surface area contributed by atoms with Gasteiger partial charge in [0.15, 0.2) is 19.4 Å². The van der Waals surface area contributed by atoms with E-state index in [9.17, 15) is 23.7 Å². The summed E-state index contributed by atoms with van der Waals surface area (Å²) >= 11 is 0. The molecule has 2 bridgehead atoms. The lowest BCUT2D eigenvalue weighted by Gasteiger charge is -2.37. The van der Waals surface area contributed by atoms with Gasteiger partial charge in [-0.2, -0.15) is 0 Å². The average Bonchev–Trinajstić information content (AvgIpc) is 3.21. The number of allylic oxidation sites excluding steroid dienone is 4. The molecule has 0 heterocycles. The Morgan fingerprint density at radius 3 is 2.16 bits per heavy atom. The summed E-state index contributed by atoms with van der Waals surface area (Å²) < 4.78 is 12.4. The predicted molar refractivity (Wildman–Crippen MR) is 150 cm³/mol. The Morgan fingerprint density at radius 2 is 1.61 bits per heavy atom. The molecule has 0 amide bonds. The molecule has 2 saturated carbocycles. The number of benzene rings is 2. The van der Waals surface area contributed by atoms with Crippen LogP contribution in [0, 0.1) is 37.5 Å². The maximum Gasteiger partial charge on any atom is 0.223 e. The molecule has 6 heteroatoms. The van der Waals surface area contributed by atoms with Crippen molar-refractivity contribution in [3.8, 4) is 0 Å². The minimum Gasteiger partial charge on any atom is -0.313 e. The molecule has 3 atom stereocenters. The van der Waals surface area contributed by atoms with Crippen LogP contribution in [0.1, 0.15) is 66.6 Å². The summed E-state index contributed by atoms with van der Waals surface area (Å²) in [6, 6.07) is 12.9. The molecule has 3 unspecified atom stereocenters. The number of ketones is 3. The van der Waals surface area contributed by atoms with Crippen LogP contribution >= 0.6 is 7.80 Å². The zero-order valence-electron chi connectivity index (χ0n) is 22.7. The zero-order chi connectivity index (χ0) is 27.8. The maximum absolute atomic E-state index is 12.4. The molecule has 3 aliphatic carbocycles. The van der Waals surface area contributed by atoms with Crippen LogP contribution in [0.15, 0.2) is 66.3 Å². The lowest BCUT2D eigenvalue weighted by Crippen LogP contribution is -2.37. The van der Waals surface area contributed by atoms with E-state index in [0.29, 0.717) is 35.2 Å². The molecule has 38 heavy (non-hydrogen) atoms. The Balaban J connectivity index is 0.000000177. The number of Topliss-reactive ketones (excluding diaryl/α,β-unsaturated/α-hetero) is 1. The Hall–Kier alpha value is -3.17. The largest absolute Gasteiger partial charge is 0.313 e. The highest BCUT2D eigenvalue weighted by Gasteiger charge is 2.64. The van der Waals surface area contributed by atoms with Crippen molar-refractivity contribution in [2.24, 2.45) is 16.7 Å². The SMILES string of the molecule is CC1(C)C2CCC1(CC1=CC(=O)C=CC1=O)C(=O)C2.Cc1cc(C)c(C(=O)[PH](=O)c2ccccc2)c(C)c1. The van der Waals surface area contributed by atoms with Crippen molar-refractivity contribution in [2.75, 3.05) is 0 Å². The van der Waals surface area contributed by atoms with Gasteiger partial charge in [-0.1, -0.05) is 61.9 Å². The highest BCUT2D eigenvalue weighted by molar-refractivity contribution is 7.71. The van der Waals surface area contributed by atoms with Crippen LogP contribution in [0.4, 0.5) is 0 Å². The van der Waals surface area contributed by atoms with Crippen molar-refractivity contribution < 1.29 is 23.7 Å². The van der Waals surface area contributed by atoms with E-state index >= 15 is 0 Å². The van der Waals surface area contributed by atoms with E-state index in [2.05, 4.69) is 13.8 Å². The summed E-state index contributed by atoms with van der Waals surface area (Å²) in [5.41, 5.74) is 3.31. The Bertz CT molecular complexity index is 1390. The normalized spacial score (nSPS) is 24.1. The molecule has 0 aliphatic heterocycles. The standard InChI is InChI=1S/C16H18O3.C16H17O2P/c1-15(2)11-5-6-16(15,14(19)8-11)9-10-7-12(17)3-4-13(10)18;1-11-9-12(2)15(13(3)10-11)16(17)19(18)14-7-5-4-6-8-14/h3-4,7,11H,5-6,8-9H2,1-2H3;4-10,19H,1-3H3. The van der Waals surface area contributed by atoms with Crippen LogP contribution in [0.5, 0.6) is 0 Å². The fourth-order valence-electron chi connectivity index (χ4n) is 6.58. The highest BCUT2D eigenvalue weighted by atomic mass is 31.1. The van der Waals surface area contributed by atoms with E-state index in [1.807, 2.05) is 39.0 Å². The molecule has 3 aliphatic rings. The summed E-state index contributed by atoms with van der Waals surface area (Å²) in [5.74, 6) is 0.451. The number of hydrogen-bond donors (Lipinski definition) is 0. The van der Waals surface area contributed by atoms with E-state index < -0.39 is 13.2 Å². The van der Waals surface area contributed by atoms with Crippen LogP contribution in [0.2, 0.25) is 0 Å². The molecule has 0 aromatic heterocycles. The van der Waals surface area contributed by atoms with Gasteiger partial charge in [0.1, 0.15) is 5.78 Å². The minimum atomic E-state index is -2.44. The minimum absolute atomic E-state index is 0.0601. The van der Waals surface area contributed by atoms with Gasteiger partial charge in [0.2, 0.25) is 5.52 Å². The van der Waals surface area contributed by atoms with Crippen LogP contribution in [-0.2, 0) is 18.9 Å².